The standard InChI is InChI=1S/C17H20N2O3S2/c1-11(12-5-4-6-13(9-12)24(18,21)22)19-17(20)15-10-23-16-8-3-2-7-14(15)16/h4-6,9-11H,2-3,7-8H2,1H3,(H,19,20)(H2,18,21,22)/t11-/m1/s1. The Labute approximate surface area is 145 Å². The topological polar surface area (TPSA) is 89.3 Å². The van der Waals surface area contributed by atoms with Crippen LogP contribution in [0.15, 0.2) is 34.5 Å². The highest BCUT2D eigenvalue weighted by Crippen LogP contribution is 2.30. The maximum absolute atomic E-state index is 12.6. The summed E-state index contributed by atoms with van der Waals surface area (Å²) in [5.41, 5.74) is 2.64. The van der Waals surface area contributed by atoms with Gasteiger partial charge in [-0.05, 0) is 55.9 Å². The number of hydrogen-bond acceptors (Lipinski definition) is 4. The average molecular weight is 364 g/mol. The Hall–Kier alpha value is -1.70. The summed E-state index contributed by atoms with van der Waals surface area (Å²) in [4.78, 5) is 14.0. The van der Waals surface area contributed by atoms with Gasteiger partial charge in [-0.3, -0.25) is 4.79 Å². The van der Waals surface area contributed by atoms with Crippen LogP contribution >= 0.6 is 11.3 Å². The Bertz CT molecular complexity index is 872. The van der Waals surface area contributed by atoms with Crippen molar-refractivity contribution in [3.05, 3.63) is 51.2 Å². The van der Waals surface area contributed by atoms with Crippen LogP contribution in [0.2, 0.25) is 0 Å². The molecule has 128 valence electrons. The minimum atomic E-state index is -3.75. The number of amides is 1. The van der Waals surface area contributed by atoms with Crippen molar-refractivity contribution in [2.24, 2.45) is 5.14 Å². The molecule has 5 nitrogen and oxygen atoms in total. The smallest absolute Gasteiger partial charge is 0.252 e. The van der Waals surface area contributed by atoms with E-state index in [1.807, 2.05) is 12.3 Å². The highest BCUT2D eigenvalue weighted by atomic mass is 32.2. The molecule has 0 aliphatic heterocycles. The van der Waals surface area contributed by atoms with Gasteiger partial charge in [0.05, 0.1) is 16.5 Å². The molecule has 0 saturated carbocycles. The molecule has 1 heterocycles. The van der Waals surface area contributed by atoms with Gasteiger partial charge in [0.15, 0.2) is 0 Å². The molecule has 2 aromatic rings. The number of sulfonamides is 1. The third-order valence-corrected chi connectivity index (χ3v) is 6.34. The van der Waals surface area contributed by atoms with Crippen LogP contribution < -0.4 is 10.5 Å². The molecule has 1 amide bonds. The van der Waals surface area contributed by atoms with Gasteiger partial charge in [-0.25, -0.2) is 13.6 Å². The summed E-state index contributed by atoms with van der Waals surface area (Å²) >= 11 is 1.65. The Morgan fingerprint density at radius 2 is 2.04 bits per heavy atom. The normalized spacial score (nSPS) is 15.6. The van der Waals surface area contributed by atoms with Crippen molar-refractivity contribution in [1.29, 1.82) is 0 Å². The number of aryl methyl sites for hydroxylation is 1. The lowest BCUT2D eigenvalue weighted by molar-refractivity contribution is 0.0939. The zero-order chi connectivity index (χ0) is 17.3. The summed E-state index contributed by atoms with van der Waals surface area (Å²) in [5.74, 6) is -0.108. The van der Waals surface area contributed by atoms with Gasteiger partial charge < -0.3 is 5.32 Å². The van der Waals surface area contributed by atoms with E-state index in [1.54, 1.807) is 23.5 Å². The second kappa shape index (κ2) is 6.66. The number of benzene rings is 1. The van der Waals surface area contributed by atoms with Crippen LogP contribution in [0.1, 0.15) is 52.2 Å². The number of carbonyl (C=O) groups excluding carboxylic acids is 1. The van der Waals surface area contributed by atoms with Crippen molar-refractivity contribution in [2.75, 3.05) is 0 Å². The molecular formula is C17H20N2O3S2. The molecule has 1 aliphatic carbocycles. The molecule has 0 saturated heterocycles. The molecule has 1 aromatic heterocycles. The molecule has 0 radical (unpaired) electrons. The van der Waals surface area contributed by atoms with E-state index in [0.29, 0.717) is 5.56 Å². The van der Waals surface area contributed by atoms with Gasteiger partial charge in [0.2, 0.25) is 10.0 Å². The summed E-state index contributed by atoms with van der Waals surface area (Å²) in [5, 5.41) is 10.1. The Balaban J connectivity index is 1.79. The summed E-state index contributed by atoms with van der Waals surface area (Å²) in [6, 6.07) is 6.05. The molecule has 1 aliphatic rings. The summed E-state index contributed by atoms with van der Waals surface area (Å²) in [6.45, 7) is 1.83. The minimum absolute atomic E-state index is 0.0500. The lowest BCUT2D eigenvalue weighted by atomic mass is 9.95. The predicted octanol–water partition coefficient (Wildman–Crippen LogP) is 2.77. The lowest BCUT2D eigenvalue weighted by Crippen LogP contribution is -2.27. The second-order valence-electron chi connectivity index (χ2n) is 6.07. The number of primary sulfonamides is 1. The molecule has 0 bridgehead atoms. The number of nitrogens with one attached hydrogen (secondary N) is 1. The quantitative estimate of drug-likeness (QED) is 0.874. The molecule has 1 aromatic carbocycles. The molecule has 24 heavy (non-hydrogen) atoms. The number of hydrogen-bond donors (Lipinski definition) is 2. The number of nitrogens with two attached hydrogens (primary N) is 1. The van der Waals surface area contributed by atoms with E-state index in [0.717, 1.165) is 24.8 Å². The van der Waals surface area contributed by atoms with Crippen LogP contribution in [-0.4, -0.2) is 14.3 Å². The highest BCUT2D eigenvalue weighted by molar-refractivity contribution is 7.89. The minimum Gasteiger partial charge on any atom is -0.345 e. The first-order valence-corrected chi connectivity index (χ1v) is 10.3. The van der Waals surface area contributed by atoms with E-state index in [2.05, 4.69) is 5.32 Å². The zero-order valence-corrected chi connectivity index (χ0v) is 15.0. The van der Waals surface area contributed by atoms with E-state index in [4.69, 9.17) is 5.14 Å². The van der Waals surface area contributed by atoms with Crippen LogP contribution in [0.5, 0.6) is 0 Å². The first-order chi connectivity index (χ1) is 11.4. The highest BCUT2D eigenvalue weighted by Gasteiger charge is 2.21. The van der Waals surface area contributed by atoms with Gasteiger partial charge in [-0.1, -0.05) is 12.1 Å². The number of rotatable bonds is 4. The molecule has 0 unspecified atom stereocenters. The van der Waals surface area contributed by atoms with Gasteiger partial charge >= 0.3 is 0 Å². The molecule has 0 spiro atoms. The van der Waals surface area contributed by atoms with Crippen molar-refractivity contribution in [1.82, 2.24) is 5.32 Å². The van der Waals surface area contributed by atoms with Crippen molar-refractivity contribution < 1.29 is 13.2 Å². The molecule has 7 heteroatoms. The van der Waals surface area contributed by atoms with E-state index >= 15 is 0 Å². The van der Waals surface area contributed by atoms with Crippen LogP contribution in [0.4, 0.5) is 0 Å². The maximum atomic E-state index is 12.6. The Morgan fingerprint density at radius 1 is 1.29 bits per heavy atom. The summed E-state index contributed by atoms with van der Waals surface area (Å²) < 4.78 is 22.9. The fraction of sp³-hybridized carbons (Fsp3) is 0.353. The van der Waals surface area contributed by atoms with Crippen molar-refractivity contribution >= 4 is 27.3 Å². The van der Waals surface area contributed by atoms with E-state index in [-0.39, 0.29) is 16.8 Å². The van der Waals surface area contributed by atoms with Crippen LogP contribution in [-0.2, 0) is 22.9 Å². The fourth-order valence-corrected chi connectivity index (χ4v) is 4.70. The van der Waals surface area contributed by atoms with Crippen LogP contribution in [0.25, 0.3) is 0 Å². The fourth-order valence-electron chi connectivity index (χ4n) is 3.00. The lowest BCUT2D eigenvalue weighted by Gasteiger charge is -2.17. The average Bonchev–Trinajstić information content (AvgIpc) is 2.98. The largest absolute Gasteiger partial charge is 0.345 e. The Kier molecular flexibility index (Phi) is 4.76. The summed E-state index contributed by atoms with van der Waals surface area (Å²) in [7, 11) is -3.75. The van der Waals surface area contributed by atoms with Crippen molar-refractivity contribution in [2.45, 2.75) is 43.5 Å². The van der Waals surface area contributed by atoms with Gasteiger partial charge in [0.25, 0.3) is 5.91 Å². The Morgan fingerprint density at radius 3 is 2.79 bits per heavy atom. The van der Waals surface area contributed by atoms with Crippen LogP contribution in [0.3, 0.4) is 0 Å². The van der Waals surface area contributed by atoms with Gasteiger partial charge in [-0.2, -0.15) is 0 Å². The molecule has 1 atom stereocenters. The molecule has 0 fully saturated rings. The van der Waals surface area contributed by atoms with Crippen LogP contribution in [0, 0.1) is 0 Å². The van der Waals surface area contributed by atoms with Crippen molar-refractivity contribution in [3.8, 4) is 0 Å². The van der Waals surface area contributed by atoms with Gasteiger partial charge in [0, 0.05) is 10.3 Å². The van der Waals surface area contributed by atoms with Crippen molar-refractivity contribution in [3.63, 3.8) is 0 Å². The zero-order valence-electron chi connectivity index (χ0n) is 13.4. The molecule has 3 rings (SSSR count). The predicted molar refractivity (Wildman–Crippen MR) is 94.7 cm³/mol. The van der Waals surface area contributed by atoms with Gasteiger partial charge in [-0.15, -0.1) is 11.3 Å². The first-order valence-electron chi connectivity index (χ1n) is 7.89. The van der Waals surface area contributed by atoms with Gasteiger partial charge in [0.1, 0.15) is 0 Å². The number of carbonyl (C=O) groups is 1. The monoisotopic (exact) mass is 364 g/mol. The molecule has 3 N–H and O–H groups in total. The number of thiophene rings is 1. The number of fused-ring (bicyclic) bond motifs is 1. The first kappa shape index (κ1) is 17.1. The van der Waals surface area contributed by atoms with E-state index in [9.17, 15) is 13.2 Å². The summed E-state index contributed by atoms with van der Waals surface area (Å²) in [6.07, 6.45) is 4.32. The van der Waals surface area contributed by atoms with E-state index < -0.39 is 10.0 Å². The second-order valence-corrected chi connectivity index (χ2v) is 8.60. The maximum Gasteiger partial charge on any atom is 0.252 e. The SMILES string of the molecule is C[C@@H](NC(=O)c1csc2c1CCCC2)c1cccc(S(N)(=O)=O)c1. The third-order valence-electron chi connectivity index (χ3n) is 4.34. The molecular weight excluding hydrogens is 344 g/mol. The van der Waals surface area contributed by atoms with E-state index in [1.165, 1.54) is 29.0 Å². The third kappa shape index (κ3) is 3.53.